The molecule has 0 radical (unpaired) electrons. The van der Waals surface area contributed by atoms with E-state index >= 15 is 0 Å². The smallest absolute Gasteiger partial charge is 0.325 e. The minimum absolute atomic E-state index is 0.312. The number of hydrogen-bond acceptors (Lipinski definition) is 6. The van der Waals surface area contributed by atoms with Gasteiger partial charge in [-0.25, -0.2) is 9.79 Å². The van der Waals surface area contributed by atoms with Crippen molar-refractivity contribution < 1.29 is 9.59 Å². The Hall–Kier alpha value is -2.32. The van der Waals surface area contributed by atoms with Crippen LogP contribution < -0.4 is 5.32 Å². The molecule has 2 saturated heterocycles. The van der Waals surface area contributed by atoms with Crippen molar-refractivity contribution in [2.75, 3.05) is 39.8 Å². The van der Waals surface area contributed by atoms with E-state index in [2.05, 4.69) is 22.0 Å². The Labute approximate surface area is 176 Å². The fraction of sp³-hybridized carbons (Fsp3) is 0.550. The average Bonchev–Trinajstić information content (AvgIpc) is 3.09. The van der Waals surface area contributed by atoms with Gasteiger partial charge >= 0.3 is 6.03 Å². The largest absolute Gasteiger partial charge is 0.340 e. The van der Waals surface area contributed by atoms with E-state index in [0.717, 1.165) is 50.7 Å². The molecule has 1 aromatic carbocycles. The van der Waals surface area contributed by atoms with Crippen molar-refractivity contribution in [1.82, 2.24) is 24.9 Å². The maximum atomic E-state index is 12.7. The highest BCUT2D eigenvalue weighted by Gasteiger charge is 2.49. The molecule has 0 aliphatic carbocycles. The number of carbonyl (C=O) groups is 2. The monoisotopic (exact) mass is 418 g/mol. The lowest BCUT2D eigenvalue weighted by Gasteiger charge is -2.40. The molecule has 0 aromatic heterocycles. The van der Waals surface area contributed by atoms with Crippen molar-refractivity contribution in [2.45, 2.75) is 32.1 Å². The number of fused-ring (bicyclic) bond motifs is 1. The number of amides is 3. The zero-order chi connectivity index (χ0) is 20.5. The fourth-order valence-corrected chi connectivity index (χ4v) is 4.44. The quantitative estimate of drug-likeness (QED) is 0.800. The summed E-state index contributed by atoms with van der Waals surface area (Å²) in [4.78, 5) is 37.9. The lowest BCUT2D eigenvalue weighted by atomic mass is 10.1. The number of benzene rings is 1. The van der Waals surface area contributed by atoms with E-state index in [0.29, 0.717) is 11.6 Å². The van der Waals surface area contributed by atoms with Crippen molar-refractivity contribution >= 4 is 29.5 Å². The lowest BCUT2D eigenvalue weighted by molar-refractivity contribution is -0.127. The Morgan fingerprint density at radius 1 is 1.17 bits per heavy atom. The van der Waals surface area contributed by atoms with Gasteiger partial charge in [-0.15, -0.1) is 0 Å². The Morgan fingerprint density at radius 2 is 1.90 bits per heavy atom. The van der Waals surface area contributed by atoms with E-state index in [9.17, 15) is 9.59 Å². The number of urea groups is 1. The van der Waals surface area contributed by atoms with Crippen LogP contribution in [-0.4, -0.2) is 89.5 Å². The van der Waals surface area contributed by atoms with Crippen LogP contribution in [0.15, 0.2) is 29.3 Å². The van der Waals surface area contributed by atoms with E-state index in [4.69, 9.17) is 16.6 Å². The minimum Gasteiger partial charge on any atom is -0.340 e. The summed E-state index contributed by atoms with van der Waals surface area (Å²) in [5, 5.41) is 3.11. The van der Waals surface area contributed by atoms with Crippen LogP contribution in [0.1, 0.15) is 18.9 Å². The average molecular weight is 419 g/mol. The SMILES string of the molecule is CCCN1CCN(C2=NC3C(C(=O)NC(=O)N3C)N2Cc2ccccc2Cl)CC1. The molecule has 3 heterocycles. The van der Waals surface area contributed by atoms with E-state index < -0.39 is 18.2 Å². The second-order valence-corrected chi connectivity index (χ2v) is 8.15. The van der Waals surface area contributed by atoms with E-state index in [1.165, 1.54) is 4.90 Å². The molecule has 3 aliphatic rings. The number of carbonyl (C=O) groups excluding carboxylic acids is 2. The topological polar surface area (TPSA) is 71.5 Å². The molecule has 0 bridgehead atoms. The molecule has 29 heavy (non-hydrogen) atoms. The predicted octanol–water partition coefficient (Wildman–Crippen LogP) is 1.42. The van der Waals surface area contributed by atoms with Crippen molar-refractivity contribution in [1.29, 1.82) is 0 Å². The van der Waals surface area contributed by atoms with E-state index in [-0.39, 0.29) is 5.91 Å². The number of piperazine rings is 1. The summed E-state index contributed by atoms with van der Waals surface area (Å²) >= 11 is 6.40. The molecule has 0 spiro atoms. The number of guanidine groups is 1. The number of nitrogens with one attached hydrogen (secondary N) is 1. The molecule has 1 aromatic rings. The first kappa shape index (κ1) is 20.0. The first-order valence-electron chi connectivity index (χ1n) is 10.1. The van der Waals surface area contributed by atoms with Crippen LogP contribution in [0.3, 0.4) is 0 Å². The molecule has 4 rings (SSSR count). The third-order valence-corrected chi connectivity index (χ3v) is 6.20. The molecular formula is C20H27ClN6O2. The van der Waals surface area contributed by atoms with E-state index in [1.807, 2.05) is 29.2 Å². The van der Waals surface area contributed by atoms with Gasteiger partial charge in [-0.05, 0) is 24.6 Å². The first-order valence-corrected chi connectivity index (χ1v) is 10.5. The summed E-state index contributed by atoms with van der Waals surface area (Å²) in [7, 11) is 1.68. The summed E-state index contributed by atoms with van der Waals surface area (Å²) in [5.41, 5.74) is 0.930. The van der Waals surface area contributed by atoms with Gasteiger partial charge in [0.2, 0.25) is 0 Å². The number of halogens is 1. The number of aliphatic imine (C=N–C) groups is 1. The molecule has 1 N–H and O–H groups in total. The second kappa shape index (κ2) is 8.20. The molecule has 2 atom stereocenters. The van der Waals surface area contributed by atoms with Crippen LogP contribution in [-0.2, 0) is 11.3 Å². The zero-order valence-corrected chi connectivity index (χ0v) is 17.6. The van der Waals surface area contributed by atoms with Gasteiger partial charge in [-0.2, -0.15) is 0 Å². The van der Waals surface area contributed by atoms with Gasteiger partial charge in [0.1, 0.15) is 0 Å². The maximum absolute atomic E-state index is 12.7. The number of hydrogen-bond donors (Lipinski definition) is 1. The summed E-state index contributed by atoms with van der Waals surface area (Å²) in [5.74, 6) is 0.460. The Balaban J connectivity index is 1.62. The molecule has 2 fully saturated rings. The normalized spacial score (nSPS) is 25.2. The summed E-state index contributed by atoms with van der Waals surface area (Å²) in [6.07, 6.45) is 0.610. The Bertz CT molecular complexity index is 823. The summed E-state index contributed by atoms with van der Waals surface area (Å²) < 4.78 is 0. The van der Waals surface area contributed by atoms with Gasteiger partial charge in [-0.1, -0.05) is 36.7 Å². The summed E-state index contributed by atoms with van der Waals surface area (Å²) in [6.45, 7) is 7.35. The van der Waals surface area contributed by atoms with Crippen LogP contribution >= 0.6 is 11.6 Å². The summed E-state index contributed by atoms with van der Waals surface area (Å²) in [6, 6.07) is 6.67. The van der Waals surface area contributed by atoms with Gasteiger partial charge in [0.05, 0.1) is 0 Å². The molecule has 2 unspecified atom stereocenters. The van der Waals surface area contributed by atoms with Crippen molar-refractivity contribution in [3.05, 3.63) is 34.9 Å². The third-order valence-electron chi connectivity index (χ3n) is 5.83. The number of likely N-dealkylation sites (N-methyl/N-ethyl adjacent to an activating group) is 1. The molecular weight excluding hydrogens is 392 g/mol. The predicted molar refractivity (Wildman–Crippen MR) is 112 cm³/mol. The molecule has 8 nitrogen and oxygen atoms in total. The van der Waals surface area contributed by atoms with Gasteiger partial charge in [0.15, 0.2) is 18.2 Å². The van der Waals surface area contributed by atoms with Crippen molar-refractivity contribution in [3.8, 4) is 0 Å². The van der Waals surface area contributed by atoms with Crippen LogP contribution in [0, 0.1) is 0 Å². The number of imide groups is 1. The first-order chi connectivity index (χ1) is 14.0. The molecule has 156 valence electrons. The standard InChI is InChI=1S/C20H27ClN6O2/c1-3-8-25-9-11-26(12-10-25)19-22-17-16(18(28)23-20(29)24(17)2)27(19)13-14-6-4-5-7-15(14)21/h4-7,16-17H,3,8-13H2,1-2H3,(H,23,28,29). The molecule has 9 heteroatoms. The van der Waals surface area contributed by atoms with Crippen LogP contribution in [0.25, 0.3) is 0 Å². The third kappa shape index (κ3) is 3.79. The highest BCUT2D eigenvalue weighted by atomic mass is 35.5. The van der Waals surface area contributed by atoms with Gasteiger partial charge < -0.3 is 14.7 Å². The molecule has 3 amide bonds. The minimum atomic E-state index is -0.558. The lowest BCUT2D eigenvalue weighted by Crippen LogP contribution is -2.64. The van der Waals surface area contributed by atoms with Gasteiger partial charge in [0, 0.05) is 44.8 Å². The highest BCUT2D eigenvalue weighted by molar-refractivity contribution is 6.31. The van der Waals surface area contributed by atoms with Gasteiger partial charge in [-0.3, -0.25) is 15.0 Å². The van der Waals surface area contributed by atoms with Crippen LogP contribution in [0.4, 0.5) is 4.79 Å². The fourth-order valence-electron chi connectivity index (χ4n) is 4.24. The zero-order valence-electron chi connectivity index (χ0n) is 16.8. The van der Waals surface area contributed by atoms with Crippen molar-refractivity contribution in [2.24, 2.45) is 4.99 Å². The highest BCUT2D eigenvalue weighted by Crippen LogP contribution is 2.29. The maximum Gasteiger partial charge on any atom is 0.325 e. The number of rotatable bonds is 4. The van der Waals surface area contributed by atoms with Crippen LogP contribution in [0.2, 0.25) is 5.02 Å². The Morgan fingerprint density at radius 3 is 2.59 bits per heavy atom. The van der Waals surface area contributed by atoms with Crippen LogP contribution in [0.5, 0.6) is 0 Å². The molecule has 3 aliphatic heterocycles. The Kier molecular flexibility index (Phi) is 5.65. The second-order valence-electron chi connectivity index (χ2n) is 7.74. The van der Waals surface area contributed by atoms with Crippen molar-refractivity contribution in [3.63, 3.8) is 0 Å². The molecule has 0 saturated carbocycles. The number of nitrogens with zero attached hydrogens (tertiary/aromatic N) is 5. The van der Waals surface area contributed by atoms with Gasteiger partial charge in [0.25, 0.3) is 5.91 Å². The van der Waals surface area contributed by atoms with E-state index in [1.54, 1.807) is 7.05 Å².